The fourth-order valence-corrected chi connectivity index (χ4v) is 1.84. The van der Waals surface area contributed by atoms with Crippen LogP contribution >= 0.6 is 0 Å². The molecule has 0 aromatic rings. The summed E-state index contributed by atoms with van der Waals surface area (Å²) in [4.78, 5) is 22.3. The topological polar surface area (TPSA) is 70.2 Å². The molecule has 5 heteroatoms. The highest BCUT2D eigenvalue weighted by Gasteiger charge is 2.14. The van der Waals surface area contributed by atoms with Crippen LogP contribution in [0.1, 0.15) is 32.1 Å². The minimum Gasteiger partial charge on any atom is -0.359 e. The zero-order valence-corrected chi connectivity index (χ0v) is 9.84. The molecular weight excluding hydrogens is 206 g/mol. The summed E-state index contributed by atoms with van der Waals surface area (Å²) in [5.41, 5.74) is 0. The molecule has 5 nitrogen and oxygen atoms in total. The van der Waals surface area contributed by atoms with E-state index in [9.17, 15) is 9.59 Å². The summed E-state index contributed by atoms with van der Waals surface area (Å²) in [5.74, 6) is -0.00429. The lowest BCUT2D eigenvalue weighted by Gasteiger charge is -2.09. The standard InChI is InChI=1S/C11H21N3O2/c1-12-10(15)6-8-14-11(16)5-4-9-3-2-7-13-9/h9,13H,2-8H2,1H3,(H,12,15)(H,14,16). The van der Waals surface area contributed by atoms with Crippen LogP contribution in [0.4, 0.5) is 0 Å². The summed E-state index contributed by atoms with van der Waals surface area (Å²) in [5, 5.41) is 8.61. The van der Waals surface area contributed by atoms with E-state index in [1.165, 1.54) is 12.8 Å². The van der Waals surface area contributed by atoms with Crippen molar-refractivity contribution >= 4 is 11.8 Å². The molecule has 0 aromatic heterocycles. The largest absolute Gasteiger partial charge is 0.359 e. The Morgan fingerprint density at radius 1 is 1.31 bits per heavy atom. The predicted octanol–water partition coefficient (Wildman–Crippen LogP) is -0.229. The molecule has 1 aliphatic rings. The molecule has 2 amide bonds. The molecule has 16 heavy (non-hydrogen) atoms. The zero-order valence-electron chi connectivity index (χ0n) is 9.84. The summed E-state index contributed by atoms with van der Waals surface area (Å²) in [7, 11) is 1.59. The minimum absolute atomic E-state index is 0.0394. The van der Waals surface area contributed by atoms with Crippen LogP contribution in [0.5, 0.6) is 0 Å². The van der Waals surface area contributed by atoms with Crippen LogP contribution in [-0.2, 0) is 9.59 Å². The van der Waals surface area contributed by atoms with E-state index >= 15 is 0 Å². The SMILES string of the molecule is CNC(=O)CCNC(=O)CCC1CCCN1. The van der Waals surface area contributed by atoms with Gasteiger partial charge in [-0.15, -0.1) is 0 Å². The van der Waals surface area contributed by atoms with Crippen LogP contribution in [0.15, 0.2) is 0 Å². The molecule has 0 aliphatic carbocycles. The number of amides is 2. The number of carbonyl (C=O) groups excluding carboxylic acids is 2. The Morgan fingerprint density at radius 3 is 2.75 bits per heavy atom. The first-order chi connectivity index (χ1) is 7.72. The average molecular weight is 227 g/mol. The van der Waals surface area contributed by atoms with Crippen LogP contribution in [-0.4, -0.2) is 38.0 Å². The van der Waals surface area contributed by atoms with Crippen LogP contribution in [0.3, 0.4) is 0 Å². The molecule has 1 aliphatic heterocycles. The minimum atomic E-state index is -0.0437. The van der Waals surface area contributed by atoms with Crippen molar-refractivity contribution in [3.63, 3.8) is 0 Å². The molecule has 0 radical (unpaired) electrons. The molecule has 0 spiro atoms. The second-order valence-corrected chi connectivity index (χ2v) is 4.11. The number of hydrogen-bond acceptors (Lipinski definition) is 3. The van der Waals surface area contributed by atoms with Crippen molar-refractivity contribution in [3.8, 4) is 0 Å². The van der Waals surface area contributed by atoms with Crippen molar-refractivity contribution in [2.45, 2.75) is 38.1 Å². The Bertz CT molecular complexity index is 237. The Kier molecular flexibility index (Phi) is 5.85. The van der Waals surface area contributed by atoms with E-state index in [0.717, 1.165) is 13.0 Å². The van der Waals surface area contributed by atoms with Crippen molar-refractivity contribution < 1.29 is 9.59 Å². The Balaban J connectivity index is 2.00. The van der Waals surface area contributed by atoms with E-state index in [1.807, 2.05) is 0 Å². The molecule has 3 N–H and O–H groups in total. The number of hydrogen-bond donors (Lipinski definition) is 3. The van der Waals surface area contributed by atoms with Crippen molar-refractivity contribution in [2.24, 2.45) is 0 Å². The van der Waals surface area contributed by atoms with Crippen molar-refractivity contribution in [1.29, 1.82) is 0 Å². The Labute approximate surface area is 96.4 Å². The van der Waals surface area contributed by atoms with Crippen molar-refractivity contribution in [1.82, 2.24) is 16.0 Å². The molecule has 0 bridgehead atoms. The third kappa shape index (κ3) is 5.11. The highest BCUT2D eigenvalue weighted by Crippen LogP contribution is 2.10. The predicted molar refractivity (Wildman–Crippen MR) is 62.0 cm³/mol. The lowest BCUT2D eigenvalue weighted by atomic mass is 10.1. The van der Waals surface area contributed by atoms with E-state index in [-0.39, 0.29) is 11.8 Å². The summed E-state index contributed by atoms with van der Waals surface area (Å²) in [6, 6.07) is 0.504. The van der Waals surface area contributed by atoms with Gasteiger partial charge >= 0.3 is 0 Å². The van der Waals surface area contributed by atoms with E-state index in [1.54, 1.807) is 7.05 Å². The maximum Gasteiger partial charge on any atom is 0.221 e. The molecule has 0 aromatic carbocycles. The molecule has 0 saturated carbocycles. The molecule has 92 valence electrons. The maximum absolute atomic E-state index is 11.4. The molecule has 1 unspecified atom stereocenters. The normalized spacial score (nSPS) is 19.4. The molecular formula is C11H21N3O2. The van der Waals surface area contributed by atoms with Crippen LogP contribution in [0.25, 0.3) is 0 Å². The summed E-state index contributed by atoms with van der Waals surface area (Å²) >= 11 is 0. The van der Waals surface area contributed by atoms with Crippen molar-refractivity contribution in [3.05, 3.63) is 0 Å². The molecule has 1 rings (SSSR count). The Hall–Kier alpha value is -1.10. The van der Waals surface area contributed by atoms with Gasteiger partial charge in [0.1, 0.15) is 0 Å². The van der Waals surface area contributed by atoms with Gasteiger partial charge < -0.3 is 16.0 Å². The zero-order chi connectivity index (χ0) is 11.8. The monoisotopic (exact) mass is 227 g/mol. The van der Waals surface area contributed by atoms with E-state index in [2.05, 4.69) is 16.0 Å². The average Bonchev–Trinajstić information content (AvgIpc) is 2.79. The van der Waals surface area contributed by atoms with Crippen LogP contribution in [0.2, 0.25) is 0 Å². The second-order valence-electron chi connectivity index (χ2n) is 4.11. The summed E-state index contributed by atoms with van der Waals surface area (Å²) < 4.78 is 0. The first-order valence-electron chi connectivity index (χ1n) is 5.93. The van der Waals surface area contributed by atoms with Gasteiger partial charge in [0, 0.05) is 32.5 Å². The summed E-state index contributed by atoms with van der Waals surface area (Å²) in [6.07, 6.45) is 4.18. The van der Waals surface area contributed by atoms with Crippen molar-refractivity contribution in [2.75, 3.05) is 20.1 Å². The third-order valence-electron chi connectivity index (χ3n) is 2.84. The first kappa shape index (κ1) is 13.0. The lowest BCUT2D eigenvalue weighted by molar-refractivity contribution is -0.122. The van der Waals surface area contributed by atoms with Crippen LogP contribution in [0, 0.1) is 0 Å². The van der Waals surface area contributed by atoms with Gasteiger partial charge in [-0.2, -0.15) is 0 Å². The number of carbonyl (C=O) groups is 2. The van der Waals surface area contributed by atoms with E-state index < -0.39 is 0 Å². The van der Waals surface area contributed by atoms with Gasteiger partial charge in [-0.25, -0.2) is 0 Å². The molecule has 1 heterocycles. The van der Waals surface area contributed by atoms with Gasteiger partial charge in [0.05, 0.1) is 0 Å². The molecule has 1 saturated heterocycles. The van der Waals surface area contributed by atoms with Gasteiger partial charge in [0.2, 0.25) is 11.8 Å². The van der Waals surface area contributed by atoms with Gasteiger partial charge in [0.25, 0.3) is 0 Å². The quantitative estimate of drug-likeness (QED) is 0.587. The first-order valence-corrected chi connectivity index (χ1v) is 5.93. The van der Waals surface area contributed by atoms with E-state index in [4.69, 9.17) is 0 Å². The van der Waals surface area contributed by atoms with Crippen LogP contribution < -0.4 is 16.0 Å². The Morgan fingerprint density at radius 2 is 2.12 bits per heavy atom. The van der Waals surface area contributed by atoms with Gasteiger partial charge in [0.15, 0.2) is 0 Å². The second kappa shape index (κ2) is 7.22. The molecule has 1 atom stereocenters. The van der Waals surface area contributed by atoms with Gasteiger partial charge in [-0.05, 0) is 25.8 Å². The number of rotatable bonds is 6. The summed E-state index contributed by atoms with van der Waals surface area (Å²) in [6.45, 7) is 1.50. The highest BCUT2D eigenvalue weighted by atomic mass is 16.2. The number of nitrogens with one attached hydrogen (secondary N) is 3. The lowest BCUT2D eigenvalue weighted by Crippen LogP contribution is -2.30. The van der Waals surface area contributed by atoms with Gasteiger partial charge in [-0.3, -0.25) is 9.59 Å². The fraction of sp³-hybridized carbons (Fsp3) is 0.818. The highest BCUT2D eigenvalue weighted by molar-refractivity contribution is 5.78. The smallest absolute Gasteiger partial charge is 0.221 e. The van der Waals surface area contributed by atoms with Gasteiger partial charge in [-0.1, -0.05) is 0 Å². The fourth-order valence-electron chi connectivity index (χ4n) is 1.84. The van der Waals surface area contributed by atoms with E-state index in [0.29, 0.717) is 25.4 Å². The third-order valence-corrected chi connectivity index (χ3v) is 2.84. The maximum atomic E-state index is 11.4. The molecule has 1 fully saturated rings.